The summed E-state index contributed by atoms with van der Waals surface area (Å²) >= 11 is 6.25. The molecule has 2 aromatic rings. The Morgan fingerprint density at radius 3 is 2.95 bits per heavy atom. The number of amides is 1. The number of carbonyl (C=O) groups excluding carboxylic acids is 1. The molecule has 0 atom stereocenters. The van der Waals surface area contributed by atoms with Crippen LogP contribution in [0.5, 0.6) is 0 Å². The highest BCUT2D eigenvalue weighted by Crippen LogP contribution is 2.23. The van der Waals surface area contributed by atoms with Crippen molar-refractivity contribution in [3.05, 3.63) is 46.7 Å². The Labute approximate surface area is 122 Å². The van der Waals surface area contributed by atoms with Crippen LogP contribution >= 0.6 is 11.6 Å². The lowest BCUT2D eigenvalue weighted by Crippen LogP contribution is -2.16. The first kappa shape index (κ1) is 14.6. The number of aromatic nitrogens is 2. The van der Waals surface area contributed by atoms with Gasteiger partial charge in [0.05, 0.1) is 17.4 Å². The summed E-state index contributed by atoms with van der Waals surface area (Å²) < 4.78 is 1.62. The molecule has 0 fully saturated rings. The first-order chi connectivity index (χ1) is 9.63. The first-order valence-corrected chi connectivity index (χ1v) is 6.84. The van der Waals surface area contributed by atoms with Gasteiger partial charge in [-0.25, -0.2) is 4.68 Å². The minimum Gasteiger partial charge on any atom is -0.366 e. The van der Waals surface area contributed by atoms with E-state index in [0.717, 1.165) is 24.2 Å². The summed E-state index contributed by atoms with van der Waals surface area (Å²) in [4.78, 5) is 11.1. The first-order valence-electron chi connectivity index (χ1n) is 6.46. The number of hydrogen-bond acceptors (Lipinski definition) is 3. The van der Waals surface area contributed by atoms with E-state index in [2.05, 4.69) is 17.3 Å². The lowest BCUT2D eigenvalue weighted by Gasteiger charge is -2.12. The van der Waals surface area contributed by atoms with Gasteiger partial charge >= 0.3 is 0 Å². The summed E-state index contributed by atoms with van der Waals surface area (Å²) in [6.07, 6.45) is 4.11. The third kappa shape index (κ3) is 3.18. The van der Waals surface area contributed by atoms with Crippen molar-refractivity contribution in [2.75, 3.05) is 6.54 Å². The minimum atomic E-state index is -0.496. The third-order valence-electron chi connectivity index (χ3n) is 2.94. The molecule has 1 aromatic heterocycles. The molecule has 0 saturated carbocycles. The molecule has 1 heterocycles. The van der Waals surface area contributed by atoms with Crippen LogP contribution in [0.4, 0.5) is 0 Å². The molecule has 2 rings (SSSR count). The molecule has 0 aliphatic heterocycles. The highest BCUT2D eigenvalue weighted by atomic mass is 35.5. The number of carbonyl (C=O) groups is 1. The molecule has 6 heteroatoms. The molecule has 0 aliphatic rings. The van der Waals surface area contributed by atoms with Crippen molar-refractivity contribution in [2.24, 2.45) is 5.73 Å². The predicted octanol–water partition coefficient (Wildman–Crippen LogP) is 2.12. The van der Waals surface area contributed by atoms with Gasteiger partial charge in [-0.1, -0.05) is 24.6 Å². The molecular weight excluding hydrogens is 276 g/mol. The summed E-state index contributed by atoms with van der Waals surface area (Å²) in [6.45, 7) is 3.66. The van der Waals surface area contributed by atoms with Crippen LogP contribution < -0.4 is 11.1 Å². The zero-order valence-corrected chi connectivity index (χ0v) is 12.0. The van der Waals surface area contributed by atoms with E-state index < -0.39 is 5.91 Å². The lowest BCUT2D eigenvalue weighted by molar-refractivity contribution is 0.100. The number of hydrogen-bond donors (Lipinski definition) is 2. The van der Waals surface area contributed by atoms with E-state index >= 15 is 0 Å². The van der Waals surface area contributed by atoms with Crippen molar-refractivity contribution in [2.45, 2.75) is 19.9 Å². The van der Waals surface area contributed by atoms with Gasteiger partial charge in [0, 0.05) is 23.3 Å². The van der Waals surface area contributed by atoms with Gasteiger partial charge in [-0.05, 0) is 25.1 Å². The van der Waals surface area contributed by atoms with Crippen molar-refractivity contribution in [3.63, 3.8) is 0 Å². The molecule has 0 unspecified atom stereocenters. The molecule has 3 N–H and O–H groups in total. The number of benzene rings is 1. The van der Waals surface area contributed by atoms with Crippen LogP contribution in [0.2, 0.25) is 5.02 Å². The standard InChI is InChI=1S/C14H17ClN4O/c1-2-6-17-8-11-12(15)4-3-5-13(11)19-9-10(7-18-19)14(16)20/h3-5,7,9,17H,2,6,8H2,1H3,(H2,16,20). The molecule has 0 spiro atoms. The Hall–Kier alpha value is -1.85. The van der Waals surface area contributed by atoms with Crippen LogP contribution in [0.3, 0.4) is 0 Å². The van der Waals surface area contributed by atoms with Crippen LogP contribution in [0.25, 0.3) is 5.69 Å². The Morgan fingerprint density at radius 2 is 2.30 bits per heavy atom. The number of nitrogens with zero attached hydrogens (tertiary/aromatic N) is 2. The maximum atomic E-state index is 11.1. The van der Waals surface area contributed by atoms with Crippen LogP contribution in [0.1, 0.15) is 29.3 Å². The van der Waals surface area contributed by atoms with E-state index in [1.807, 2.05) is 18.2 Å². The summed E-state index contributed by atoms with van der Waals surface area (Å²) in [6, 6.07) is 5.60. The van der Waals surface area contributed by atoms with Gasteiger partial charge in [0.1, 0.15) is 0 Å². The van der Waals surface area contributed by atoms with Crippen molar-refractivity contribution in [3.8, 4) is 5.69 Å². The Kier molecular flexibility index (Phi) is 4.76. The van der Waals surface area contributed by atoms with Gasteiger partial charge in [-0.3, -0.25) is 4.79 Å². The zero-order valence-electron chi connectivity index (χ0n) is 11.3. The van der Waals surface area contributed by atoms with E-state index in [4.69, 9.17) is 17.3 Å². The van der Waals surface area contributed by atoms with Gasteiger partial charge < -0.3 is 11.1 Å². The molecule has 20 heavy (non-hydrogen) atoms. The SMILES string of the molecule is CCCNCc1c(Cl)cccc1-n1cc(C(N)=O)cn1. The molecule has 0 bridgehead atoms. The molecule has 1 aromatic carbocycles. The van der Waals surface area contributed by atoms with E-state index in [1.54, 1.807) is 10.9 Å². The molecule has 5 nitrogen and oxygen atoms in total. The summed E-state index contributed by atoms with van der Waals surface area (Å²) in [5, 5.41) is 8.15. The fraction of sp³-hybridized carbons (Fsp3) is 0.286. The largest absolute Gasteiger partial charge is 0.366 e. The van der Waals surface area contributed by atoms with E-state index in [-0.39, 0.29) is 0 Å². The number of nitrogens with two attached hydrogens (primary N) is 1. The highest BCUT2D eigenvalue weighted by Gasteiger charge is 2.11. The molecule has 106 valence electrons. The van der Waals surface area contributed by atoms with Crippen molar-refractivity contribution >= 4 is 17.5 Å². The molecule has 0 radical (unpaired) electrons. The second-order valence-electron chi connectivity index (χ2n) is 4.45. The Balaban J connectivity index is 2.34. The smallest absolute Gasteiger partial charge is 0.251 e. The maximum Gasteiger partial charge on any atom is 0.251 e. The Bertz CT molecular complexity index is 609. The number of primary amides is 1. The fourth-order valence-electron chi connectivity index (χ4n) is 1.91. The highest BCUT2D eigenvalue weighted by molar-refractivity contribution is 6.31. The monoisotopic (exact) mass is 292 g/mol. The van der Waals surface area contributed by atoms with Crippen molar-refractivity contribution in [1.29, 1.82) is 0 Å². The second-order valence-corrected chi connectivity index (χ2v) is 4.86. The molecular formula is C14H17ClN4O. The van der Waals surface area contributed by atoms with Gasteiger partial charge in [0.2, 0.25) is 0 Å². The van der Waals surface area contributed by atoms with Gasteiger partial charge in [-0.15, -0.1) is 0 Å². The second kappa shape index (κ2) is 6.54. The lowest BCUT2D eigenvalue weighted by atomic mass is 10.1. The molecule has 1 amide bonds. The quantitative estimate of drug-likeness (QED) is 0.801. The normalized spacial score (nSPS) is 10.7. The average Bonchev–Trinajstić information content (AvgIpc) is 2.90. The molecule has 0 aliphatic carbocycles. The van der Waals surface area contributed by atoms with E-state index in [1.165, 1.54) is 6.20 Å². The third-order valence-corrected chi connectivity index (χ3v) is 3.29. The topological polar surface area (TPSA) is 72.9 Å². The number of nitrogens with one attached hydrogen (secondary N) is 1. The van der Waals surface area contributed by atoms with E-state index in [0.29, 0.717) is 17.1 Å². The molecule has 0 saturated heterocycles. The van der Waals surface area contributed by atoms with Gasteiger partial charge in [0.25, 0.3) is 5.91 Å². The van der Waals surface area contributed by atoms with Crippen molar-refractivity contribution < 1.29 is 4.79 Å². The predicted molar refractivity (Wildman–Crippen MR) is 79.1 cm³/mol. The summed E-state index contributed by atoms with van der Waals surface area (Å²) in [7, 11) is 0. The van der Waals surface area contributed by atoms with Gasteiger partial charge in [-0.2, -0.15) is 5.10 Å². The summed E-state index contributed by atoms with van der Waals surface area (Å²) in [5.41, 5.74) is 7.40. The number of halogens is 1. The number of rotatable bonds is 6. The van der Waals surface area contributed by atoms with E-state index in [9.17, 15) is 4.79 Å². The van der Waals surface area contributed by atoms with Crippen LogP contribution in [-0.2, 0) is 6.54 Å². The summed E-state index contributed by atoms with van der Waals surface area (Å²) in [5.74, 6) is -0.496. The van der Waals surface area contributed by atoms with Gasteiger partial charge in [0.15, 0.2) is 0 Å². The average molecular weight is 293 g/mol. The van der Waals surface area contributed by atoms with Crippen LogP contribution in [-0.4, -0.2) is 22.2 Å². The fourth-order valence-corrected chi connectivity index (χ4v) is 2.15. The maximum absolute atomic E-state index is 11.1. The zero-order chi connectivity index (χ0) is 14.5. The van der Waals surface area contributed by atoms with Crippen molar-refractivity contribution in [1.82, 2.24) is 15.1 Å². The van der Waals surface area contributed by atoms with Crippen LogP contribution in [0.15, 0.2) is 30.6 Å². The minimum absolute atomic E-state index is 0.373. The van der Waals surface area contributed by atoms with Crippen LogP contribution in [0, 0.1) is 0 Å². The Morgan fingerprint density at radius 1 is 1.50 bits per heavy atom.